The van der Waals surface area contributed by atoms with E-state index < -0.39 is 0 Å². The number of carbonyl (C=O) groups excluding carboxylic acids is 1. The van der Waals surface area contributed by atoms with E-state index in [1.54, 1.807) is 11.3 Å². The van der Waals surface area contributed by atoms with Crippen molar-refractivity contribution in [3.8, 4) is 0 Å². The number of hydrogen-bond donors (Lipinski definition) is 0. The van der Waals surface area contributed by atoms with E-state index >= 15 is 0 Å². The maximum Gasteiger partial charge on any atom is 0.254 e. The average Bonchev–Trinajstić information content (AvgIpc) is 3.11. The fourth-order valence-corrected chi connectivity index (χ4v) is 4.16. The van der Waals surface area contributed by atoms with Crippen LogP contribution in [0.3, 0.4) is 0 Å². The van der Waals surface area contributed by atoms with Gasteiger partial charge in [0.15, 0.2) is 0 Å². The molecular weight excluding hydrogens is 402 g/mol. The second-order valence-electron chi connectivity index (χ2n) is 4.90. The molecule has 1 aliphatic rings. The summed E-state index contributed by atoms with van der Waals surface area (Å²) in [5.41, 5.74) is 0.731. The molecule has 3 rings (SSSR count). The Morgan fingerprint density at radius 2 is 1.95 bits per heavy atom. The quantitative estimate of drug-likeness (QED) is 0.683. The lowest BCUT2D eigenvalue weighted by Crippen LogP contribution is -2.32. The first-order valence-corrected chi connectivity index (χ1v) is 8.89. The Kier molecular flexibility index (Phi) is 4.29. The number of hydrogen-bond acceptors (Lipinski definition) is 2. The minimum atomic E-state index is 0.114. The summed E-state index contributed by atoms with van der Waals surface area (Å²) in [7, 11) is 0. The summed E-state index contributed by atoms with van der Waals surface area (Å²) in [5, 5.41) is 2.06. The lowest BCUT2D eigenvalue weighted by atomic mass is 10.2. The number of carbonyl (C=O) groups is 1. The third-order valence-electron chi connectivity index (χ3n) is 3.26. The van der Waals surface area contributed by atoms with Crippen LogP contribution in [-0.2, 0) is 6.54 Å². The number of nitrogens with zero attached hydrogens (tertiary/aromatic N) is 1. The normalized spacial score (nSPS) is 14.3. The SMILES string of the molecule is O=C(c1cc(Br)cc(Br)c1)N(Cc1cccs1)C1CC1. The van der Waals surface area contributed by atoms with Crippen LogP contribution in [0.25, 0.3) is 0 Å². The molecule has 1 fully saturated rings. The highest BCUT2D eigenvalue weighted by Gasteiger charge is 2.33. The van der Waals surface area contributed by atoms with E-state index in [4.69, 9.17) is 0 Å². The van der Waals surface area contributed by atoms with Crippen LogP contribution < -0.4 is 0 Å². The van der Waals surface area contributed by atoms with E-state index in [0.717, 1.165) is 27.4 Å². The molecule has 0 unspecified atom stereocenters. The van der Waals surface area contributed by atoms with E-state index in [1.165, 1.54) is 4.88 Å². The van der Waals surface area contributed by atoms with Gasteiger partial charge in [-0.3, -0.25) is 4.79 Å². The van der Waals surface area contributed by atoms with Crippen LogP contribution in [0.15, 0.2) is 44.7 Å². The smallest absolute Gasteiger partial charge is 0.254 e. The van der Waals surface area contributed by atoms with Crippen LogP contribution in [0.2, 0.25) is 0 Å². The van der Waals surface area contributed by atoms with Crippen molar-refractivity contribution in [3.63, 3.8) is 0 Å². The maximum atomic E-state index is 12.7. The molecule has 0 N–H and O–H groups in total. The van der Waals surface area contributed by atoms with Crippen molar-refractivity contribution < 1.29 is 4.79 Å². The predicted molar refractivity (Wildman–Crippen MR) is 89.1 cm³/mol. The van der Waals surface area contributed by atoms with Gasteiger partial charge in [0.2, 0.25) is 0 Å². The number of benzene rings is 1. The van der Waals surface area contributed by atoms with Crippen LogP contribution in [-0.4, -0.2) is 16.8 Å². The largest absolute Gasteiger partial charge is 0.331 e. The first-order valence-electron chi connectivity index (χ1n) is 6.43. The molecule has 2 nitrogen and oxygen atoms in total. The first kappa shape index (κ1) is 14.3. The standard InChI is InChI=1S/C15H13Br2NOS/c16-11-6-10(7-12(17)8-11)15(19)18(13-3-4-13)9-14-2-1-5-20-14/h1-2,5-8,13H,3-4,9H2. The summed E-state index contributed by atoms with van der Waals surface area (Å²) < 4.78 is 1.84. The Morgan fingerprint density at radius 3 is 2.50 bits per heavy atom. The van der Waals surface area contributed by atoms with Gasteiger partial charge in [0.05, 0.1) is 6.54 Å². The van der Waals surface area contributed by atoms with Gasteiger partial charge in [-0.15, -0.1) is 11.3 Å². The van der Waals surface area contributed by atoms with Crippen LogP contribution in [0, 0.1) is 0 Å². The molecule has 1 aromatic carbocycles. The molecule has 104 valence electrons. The molecule has 0 saturated heterocycles. The number of rotatable bonds is 4. The zero-order chi connectivity index (χ0) is 14.1. The Balaban J connectivity index is 1.85. The Bertz CT molecular complexity index is 603. The zero-order valence-corrected chi connectivity index (χ0v) is 14.7. The lowest BCUT2D eigenvalue weighted by Gasteiger charge is -2.22. The molecule has 0 atom stereocenters. The highest BCUT2D eigenvalue weighted by molar-refractivity contribution is 9.11. The number of thiophene rings is 1. The van der Waals surface area contributed by atoms with Gasteiger partial charge in [0.1, 0.15) is 0 Å². The molecule has 5 heteroatoms. The predicted octanol–water partition coefficient (Wildman–Crippen LogP) is 5.08. The molecule has 1 aromatic heterocycles. The van der Waals surface area contributed by atoms with E-state index in [2.05, 4.69) is 43.3 Å². The van der Waals surface area contributed by atoms with Crippen LogP contribution >= 0.6 is 43.2 Å². The van der Waals surface area contributed by atoms with Crippen molar-refractivity contribution >= 4 is 49.1 Å². The molecule has 0 aliphatic heterocycles. The fourth-order valence-electron chi connectivity index (χ4n) is 2.17. The van der Waals surface area contributed by atoms with Crippen molar-refractivity contribution in [2.45, 2.75) is 25.4 Å². The van der Waals surface area contributed by atoms with Gasteiger partial charge < -0.3 is 4.90 Å². The second-order valence-corrected chi connectivity index (χ2v) is 7.77. The molecule has 20 heavy (non-hydrogen) atoms. The number of amides is 1. The zero-order valence-electron chi connectivity index (χ0n) is 10.7. The Hall–Kier alpha value is -0.650. The van der Waals surface area contributed by atoms with E-state index in [1.807, 2.05) is 29.2 Å². The highest BCUT2D eigenvalue weighted by atomic mass is 79.9. The minimum absolute atomic E-state index is 0.114. The second kappa shape index (κ2) is 6.00. The molecular formula is C15H13Br2NOS. The summed E-state index contributed by atoms with van der Waals surface area (Å²) in [4.78, 5) is 16.0. The number of halogens is 2. The third kappa shape index (κ3) is 3.32. The summed E-state index contributed by atoms with van der Waals surface area (Å²) in [6, 6.07) is 10.2. The van der Waals surface area contributed by atoms with Crippen LogP contribution in [0.4, 0.5) is 0 Å². The molecule has 1 aliphatic carbocycles. The molecule has 0 radical (unpaired) electrons. The minimum Gasteiger partial charge on any atom is -0.331 e. The first-order chi connectivity index (χ1) is 9.63. The van der Waals surface area contributed by atoms with Gasteiger partial charge in [0, 0.05) is 25.4 Å². The summed E-state index contributed by atoms with van der Waals surface area (Å²) in [6.45, 7) is 0.714. The van der Waals surface area contributed by atoms with E-state index in [0.29, 0.717) is 12.6 Å². The molecule has 0 bridgehead atoms. The summed E-state index contributed by atoms with van der Waals surface area (Å²) >= 11 is 8.59. The van der Waals surface area contributed by atoms with Crippen molar-refractivity contribution in [1.29, 1.82) is 0 Å². The van der Waals surface area contributed by atoms with Gasteiger partial charge in [0.25, 0.3) is 5.91 Å². The summed E-state index contributed by atoms with van der Waals surface area (Å²) in [5.74, 6) is 0.114. The monoisotopic (exact) mass is 413 g/mol. The van der Waals surface area contributed by atoms with Gasteiger partial charge in [-0.1, -0.05) is 37.9 Å². The van der Waals surface area contributed by atoms with Crippen molar-refractivity contribution in [1.82, 2.24) is 4.90 Å². The maximum absolute atomic E-state index is 12.7. The molecule has 1 heterocycles. The Morgan fingerprint density at radius 1 is 1.25 bits per heavy atom. The third-order valence-corrected chi connectivity index (χ3v) is 5.04. The lowest BCUT2D eigenvalue weighted by molar-refractivity contribution is 0.0731. The topological polar surface area (TPSA) is 20.3 Å². The fraction of sp³-hybridized carbons (Fsp3) is 0.267. The van der Waals surface area contributed by atoms with Crippen LogP contribution in [0.5, 0.6) is 0 Å². The van der Waals surface area contributed by atoms with Crippen molar-refractivity contribution in [2.24, 2.45) is 0 Å². The van der Waals surface area contributed by atoms with Gasteiger partial charge in [-0.05, 0) is 42.5 Å². The van der Waals surface area contributed by atoms with E-state index in [9.17, 15) is 4.79 Å². The molecule has 0 spiro atoms. The molecule has 2 aromatic rings. The van der Waals surface area contributed by atoms with Gasteiger partial charge in [-0.25, -0.2) is 0 Å². The summed E-state index contributed by atoms with van der Waals surface area (Å²) in [6.07, 6.45) is 2.23. The molecule has 1 amide bonds. The Labute approximate surface area is 139 Å². The van der Waals surface area contributed by atoms with Crippen LogP contribution in [0.1, 0.15) is 28.1 Å². The van der Waals surface area contributed by atoms with Crippen molar-refractivity contribution in [2.75, 3.05) is 0 Å². The van der Waals surface area contributed by atoms with Crippen molar-refractivity contribution in [3.05, 3.63) is 55.1 Å². The molecule has 1 saturated carbocycles. The van der Waals surface area contributed by atoms with E-state index in [-0.39, 0.29) is 5.91 Å². The van der Waals surface area contributed by atoms with Gasteiger partial charge in [-0.2, -0.15) is 0 Å². The van der Waals surface area contributed by atoms with Gasteiger partial charge >= 0.3 is 0 Å². The highest BCUT2D eigenvalue weighted by Crippen LogP contribution is 2.31. The average molecular weight is 415 g/mol.